The second-order valence-electron chi connectivity index (χ2n) is 5.96. The van der Waals surface area contributed by atoms with Crippen molar-refractivity contribution in [1.29, 1.82) is 0 Å². The van der Waals surface area contributed by atoms with E-state index >= 15 is 0 Å². The second-order valence-corrected chi connectivity index (χ2v) is 6.96. The van der Waals surface area contributed by atoms with Crippen molar-refractivity contribution in [3.05, 3.63) is 51.8 Å². The molecule has 0 fully saturated rings. The zero-order valence-corrected chi connectivity index (χ0v) is 15.5. The van der Waals surface area contributed by atoms with Gasteiger partial charge in [-0.15, -0.1) is 11.3 Å². The molecule has 0 bridgehead atoms. The van der Waals surface area contributed by atoms with Crippen LogP contribution in [0.15, 0.2) is 24.3 Å². The van der Waals surface area contributed by atoms with Gasteiger partial charge in [-0.25, -0.2) is 14.8 Å². The molecule has 3 aromatic rings. The molecule has 0 radical (unpaired) electrons. The van der Waals surface area contributed by atoms with E-state index in [1.807, 2.05) is 32.9 Å². The third-order valence-corrected chi connectivity index (χ3v) is 5.15. The lowest BCUT2D eigenvalue weighted by molar-refractivity contribution is 0.0954. The van der Waals surface area contributed by atoms with Crippen molar-refractivity contribution in [3.63, 3.8) is 0 Å². The number of carbonyl (C=O) groups is 2. The second kappa shape index (κ2) is 7.09. The van der Waals surface area contributed by atoms with Crippen molar-refractivity contribution < 1.29 is 9.59 Å². The topological polar surface area (TPSA) is 110 Å². The molecule has 0 spiro atoms. The Bertz CT molecular complexity index is 995. The highest BCUT2D eigenvalue weighted by Crippen LogP contribution is 2.31. The molecule has 4 N–H and O–H groups in total. The van der Waals surface area contributed by atoms with Gasteiger partial charge >= 0.3 is 6.03 Å². The Morgan fingerprint density at radius 2 is 1.81 bits per heavy atom. The molecule has 2 aromatic heterocycles. The highest BCUT2D eigenvalue weighted by Gasteiger charge is 2.18. The van der Waals surface area contributed by atoms with Gasteiger partial charge in [0, 0.05) is 23.3 Å². The predicted molar refractivity (Wildman–Crippen MR) is 102 cm³/mol. The van der Waals surface area contributed by atoms with Crippen LogP contribution in [0.2, 0.25) is 0 Å². The monoisotopic (exact) mass is 369 g/mol. The number of thiophene rings is 1. The number of anilines is 1. The number of benzene rings is 1. The minimum atomic E-state index is -0.611. The zero-order chi connectivity index (χ0) is 18.8. The molecule has 0 aliphatic rings. The Hall–Kier alpha value is -3.00. The standard InChI is InChI=1S/C18H19N5O2S/c1-9-14-10(2)21-11(3)22-17(14)26-15(9)16(24)20-8-12-4-6-13(7-5-12)23-18(19)25/h4-7H,8H2,1-3H3,(H,20,24)(H3,19,23,25). The number of hydrogen-bond acceptors (Lipinski definition) is 5. The maximum atomic E-state index is 12.6. The van der Waals surface area contributed by atoms with Crippen molar-refractivity contribution in [2.24, 2.45) is 5.73 Å². The molecule has 0 saturated heterocycles. The van der Waals surface area contributed by atoms with Gasteiger partial charge in [0.2, 0.25) is 0 Å². The summed E-state index contributed by atoms with van der Waals surface area (Å²) in [6, 6.07) is 6.50. The molecule has 7 nitrogen and oxygen atoms in total. The number of fused-ring (bicyclic) bond motifs is 1. The summed E-state index contributed by atoms with van der Waals surface area (Å²) >= 11 is 1.38. The lowest BCUT2D eigenvalue weighted by Gasteiger charge is -2.06. The molecule has 2 heterocycles. The van der Waals surface area contributed by atoms with Gasteiger partial charge in [0.25, 0.3) is 5.91 Å². The molecular formula is C18H19N5O2S. The molecule has 0 unspecified atom stereocenters. The van der Waals surface area contributed by atoms with Crippen LogP contribution in [-0.4, -0.2) is 21.9 Å². The number of aromatic nitrogens is 2. The number of urea groups is 1. The fourth-order valence-electron chi connectivity index (χ4n) is 2.80. The third-order valence-electron chi connectivity index (χ3n) is 3.96. The summed E-state index contributed by atoms with van der Waals surface area (Å²) in [6.07, 6.45) is 0. The SMILES string of the molecule is Cc1nc(C)c2c(C)c(C(=O)NCc3ccc(NC(N)=O)cc3)sc2n1. The van der Waals surface area contributed by atoms with Crippen molar-refractivity contribution in [1.82, 2.24) is 15.3 Å². The molecule has 8 heteroatoms. The van der Waals surface area contributed by atoms with Gasteiger partial charge in [0.05, 0.1) is 4.88 Å². The summed E-state index contributed by atoms with van der Waals surface area (Å²) in [7, 11) is 0. The Kier molecular flexibility index (Phi) is 4.85. The number of nitrogens with zero attached hydrogens (tertiary/aromatic N) is 2. The summed E-state index contributed by atoms with van der Waals surface area (Å²) < 4.78 is 0. The molecule has 0 aliphatic carbocycles. The van der Waals surface area contributed by atoms with Crippen LogP contribution in [-0.2, 0) is 6.54 Å². The van der Waals surface area contributed by atoms with Crippen LogP contribution in [0.4, 0.5) is 10.5 Å². The number of aryl methyl sites for hydroxylation is 3. The van der Waals surface area contributed by atoms with Crippen LogP contribution < -0.4 is 16.4 Å². The van der Waals surface area contributed by atoms with Crippen LogP contribution in [0.25, 0.3) is 10.2 Å². The maximum Gasteiger partial charge on any atom is 0.316 e. The first-order valence-electron chi connectivity index (χ1n) is 8.03. The molecule has 0 saturated carbocycles. The predicted octanol–water partition coefficient (Wildman–Crippen LogP) is 3.04. The summed E-state index contributed by atoms with van der Waals surface area (Å²) in [5.41, 5.74) is 8.39. The Balaban J connectivity index is 1.74. The Morgan fingerprint density at radius 3 is 2.46 bits per heavy atom. The number of rotatable bonds is 4. The molecular weight excluding hydrogens is 350 g/mol. The number of primary amides is 1. The quantitative estimate of drug-likeness (QED) is 0.656. The summed E-state index contributed by atoms with van der Waals surface area (Å²) in [4.78, 5) is 33.7. The van der Waals surface area contributed by atoms with Crippen LogP contribution in [0.5, 0.6) is 0 Å². The van der Waals surface area contributed by atoms with E-state index in [0.717, 1.165) is 27.0 Å². The largest absolute Gasteiger partial charge is 0.351 e. The van der Waals surface area contributed by atoms with Gasteiger partial charge in [-0.3, -0.25) is 4.79 Å². The first-order valence-corrected chi connectivity index (χ1v) is 8.84. The van der Waals surface area contributed by atoms with Gasteiger partial charge in [-0.2, -0.15) is 0 Å². The molecule has 26 heavy (non-hydrogen) atoms. The van der Waals surface area contributed by atoms with Gasteiger partial charge in [-0.1, -0.05) is 12.1 Å². The van der Waals surface area contributed by atoms with Crippen LogP contribution in [0, 0.1) is 20.8 Å². The number of nitrogens with one attached hydrogen (secondary N) is 2. The highest BCUT2D eigenvalue weighted by atomic mass is 32.1. The molecule has 3 rings (SSSR count). The lowest BCUT2D eigenvalue weighted by Crippen LogP contribution is -2.22. The fourth-order valence-corrected chi connectivity index (χ4v) is 4.00. The van der Waals surface area contributed by atoms with E-state index in [1.165, 1.54) is 11.3 Å². The Labute approximate surface area is 154 Å². The average Bonchev–Trinajstić information content (AvgIpc) is 2.90. The van der Waals surface area contributed by atoms with Crippen molar-refractivity contribution in [2.75, 3.05) is 5.32 Å². The van der Waals surface area contributed by atoms with E-state index in [9.17, 15) is 9.59 Å². The molecule has 134 valence electrons. The molecule has 0 atom stereocenters. The van der Waals surface area contributed by atoms with Crippen molar-refractivity contribution in [2.45, 2.75) is 27.3 Å². The maximum absolute atomic E-state index is 12.6. The Morgan fingerprint density at radius 1 is 1.12 bits per heavy atom. The first-order chi connectivity index (χ1) is 12.3. The fraction of sp³-hybridized carbons (Fsp3) is 0.222. The smallest absolute Gasteiger partial charge is 0.316 e. The number of carbonyl (C=O) groups excluding carboxylic acids is 2. The van der Waals surface area contributed by atoms with Gasteiger partial charge in [0.15, 0.2) is 0 Å². The normalized spacial score (nSPS) is 10.7. The summed E-state index contributed by atoms with van der Waals surface area (Å²) in [5.74, 6) is 0.565. The molecule has 1 aromatic carbocycles. The minimum Gasteiger partial charge on any atom is -0.351 e. The van der Waals surface area contributed by atoms with Crippen LogP contribution in [0.1, 0.15) is 32.3 Å². The van der Waals surface area contributed by atoms with Crippen molar-refractivity contribution in [3.8, 4) is 0 Å². The number of hydrogen-bond donors (Lipinski definition) is 3. The number of nitrogens with two attached hydrogens (primary N) is 1. The van der Waals surface area contributed by atoms with E-state index in [4.69, 9.17) is 5.73 Å². The van der Waals surface area contributed by atoms with Crippen molar-refractivity contribution >= 4 is 39.2 Å². The van der Waals surface area contributed by atoms with E-state index in [1.54, 1.807) is 12.1 Å². The van der Waals surface area contributed by atoms with Gasteiger partial charge < -0.3 is 16.4 Å². The van der Waals surface area contributed by atoms with E-state index in [2.05, 4.69) is 20.6 Å². The summed E-state index contributed by atoms with van der Waals surface area (Å²) in [6.45, 7) is 6.08. The lowest BCUT2D eigenvalue weighted by atomic mass is 10.1. The average molecular weight is 369 g/mol. The molecule has 3 amide bonds. The van der Waals surface area contributed by atoms with E-state index < -0.39 is 6.03 Å². The highest BCUT2D eigenvalue weighted by molar-refractivity contribution is 7.20. The first kappa shape index (κ1) is 17.8. The van der Waals surface area contributed by atoms with Gasteiger partial charge in [0.1, 0.15) is 10.7 Å². The van der Waals surface area contributed by atoms with E-state index in [0.29, 0.717) is 22.9 Å². The molecule has 0 aliphatic heterocycles. The van der Waals surface area contributed by atoms with Crippen LogP contribution in [0.3, 0.4) is 0 Å². The number of amides is 3. The third kappa shape index (κ3) is 3.65. The summed E-state index contributed by atoms with van der Waals surface area (Å²) in [5, 5.41) is 6.37. The van der Waals surface area contributed by atoms with Gasteiger partial charge in [-0.05, 0) is 44.0 Å². The minimum absolute atomic E-state index is 0.137. The zero-order valence-electron chi connectivity index (χ0n) is 14.7. The van der Waals surface area contributed by atoms with E-state index in [-0.39, 0.29) is 5.91 Å². The van der Waals surface area contributed by atoms with Crippen LogP contribution >= 0.6 is 11.3 Å².